The summed E-state index contributed by atoms with van der Waals surface area (Å²) in [5.41, 5.74) is 2.77. The maximum Gasteiger partial charge on any atom is 0.204 e. The molecule has 0 unspecified atom stereocenters. The van der Waals surface area contributed by atoms with Crippen LogP contribution in [-0.4, -0.2) is 26.6 Å². The predicted octanol–water partition coefficient (Wildman–Crippen LogP) is 4.36. The molecule has 3 rings (SSSR count). The Morgan fingerprint density at radius 1 is 1.26 bits per heavy atom. The molecule has 2 heterocycles. The number of rotatable bonds is 4. The summed E-state index contributed by atoms with van der Waals surface area (Å²) in [6.45, 7) is 7.96. The summed E-state index contributed by atoms with van der Waals surface area (Å²) in [6, 6.07) is 3.71. The van der Waals surface area contributed by atoms with Crippen LogP contribution in [0.4, 0.5) is 0 Å². The van der Waals surface area contributed by atoms with Crippen LogP contribution in [0.25, 0.3) is 5.76 Å². The number of carbonyl (C=O) groups is 2. The molecule has 0 radical (unpaired) electrons. The Bertz CT molecular complexity index is 918. The number of ketones is 2. The summed E-state index contributed by atoms with van der Waals surface area (Å²) in [6.07, 6.45) is 3.73. The number of Topliss-reactive ketones (excluding diaryl/α,β-unsaturated/α-hetero) is 2. The second-order valence-corrected chi connectivity index (χ2v) is 9.28. The van der Waals surface area contributed by atoms with Crippen molar-refractivity contribution in [1.29, 1.82) is 0 Å². The van der Waals surface area contributed by atoms with E-state index in [4.69, 9.17) is 0 Å². The fraction of sp³-hybridized carbons (Fsp3) is 0.429. The minimum Gasteiger partial charge on any atom is -0.507 e. The highest BCUT2D eigenvalue weighted by molar-refractivity contribution is 7.14. The molecule has 6 heteroatoms. The van der Waals surface area contributed by atoms with E-state index in [1.807, 2.05) is 12.1 Å². The van der Waals surface area contributed by atoms with Gasteiger partial charge >= 0.3 is 0 Å². The molecule has 0 spiro atoms. The van der Waals surface area contributed by atoms with Crippen LogP contribution in [0.1, 0.15) is 65.7 Å². The third-order valence-electron chi connectivity index (χ3n) is 4.33. The molecule has 0 saturated carbocycles. The largest absolute Gasteiger partial charge is 0.507 e. The van der Waals surface area contributed by atoms with E-state index in [2.05, 4.69) is 30.7 Å². The number of nitrogens with zero attached hydrogens (tertiary/aromatic N) is 2. The third kappa shape index (κ3) is 4.50. The normalized spacial score (nSPS) is 16.2. The number of hydrogen-bond acceptors (Lipinski definition) is 6. The third-order valence-corrected chi connectivity index (χ3v) is 5.43. The lowest BCUT2D eigenvalue weighted by molar-refractivity contribution is -0.116. The molecule has 5 nitrogen and oxygen atoms in total. The molecule has 1 N–H and O–H groups in total. The molecular weight excluding hydrogens is 360 g/mol. The van der Waals surface area contributed by atoms with Crippen LogP contribution < -0.4 is 0 Å². The number of hydrogen-bond donors (Lipinski definition) is 1. The van der Waals surface area contributed by atoms with Crippen LogP contribution in [0.2, 0.25) is 0 Å². The monoisotopic (exact) mass is 384 g/mol. The van der Waals surface area contributed by atoms with Gasteiger partial charge in [0.1, 0.15) is 16.6 Å². The molecule has 0 saturated heterocycles. The maximum atomic E-state index is 12.8. The number of aliphatic hydroxyl groups is 1. The first-order valence-corrected chi connectivity index (χ1v) is 9.86. The number of aryl methyl sites for hydroxylation is 1. The Morgan fingerprint density at radius 2 is 2.00 bits per heavy atom. The van der Waals surface area contributed by atoms with Gasteiger partial charge in [-0.25, -0.2) is 4.98 Å². The van der Waals surface area contributed by atoms with E-state index in [9.17, 15) is 14.7 Å². The van der Waals surface area contributed by atoms with Crippen LogP contribution in [0.15, 0.2) is 23.9 Å². The van der Waals surface area contributed by atoms with E-state index in [0.717, 1.165) is 17.8 Å². The van der Waals surface area contributed by atoms with Gasteiger partial charge in [0.05, 0.1) is 17.0 Å². The topological polar surface area (TPSA) is 80.2 Å². The van der Waals surface area contributed by atoms with Gasteiger partial charge in [0.25, 0.3) is 0 Å². The molecule has 2 aromatic heterocycles. The van der Waals surface area contributed by atoms with E-state index in [0.29, 0.717) is 33.9 Å². The summed E-state index contributed by atoms with van der Waals surface area (Å²) in [4.78, 5) is 33.5. The predicted molar refractivity (Wildman–Crippen MR) is 106 cm³/mol. The molecule has 0 amide bonds. The summed E-state index contributed by atoms with van der Waals surface area (Å²) in [5, 5.41) is 11.3. The molecule has 0 aliphatic heterocycles. The van der Waals surface area contributed by atoms with Gasteiger partial charge in [0, 0.05) is 23.0 Å². The van der Waals surface area contributed by atoms with Crippen molar-refractivity contribution >= 4 is 28.7 Å². The van der Waals surface area contributed by atoms with Crippen molar-refractivity contribution in [2.45, 2.75) is 53.4 Å². The van der Waals surface area contributed by atoms with E-state index >= 15 is 0 Å². The molecule has 0 atom stereocenters. The van der Waals surface area contributed by atoms with Gasteiger partial charge in [-0.1, -0.05) is 20.8 Å². The first kappa shape index (κ1) is 19.4. The molecule has 142 valence electrons. The van der Waals surface area contributed by atoms with Crippen molar-refractivity contribution in [3.63, 3.8) is 0 Å². The fourth-order valence-electron chi connectivity index (χ4n) is 3.14. The molecule has 1 aliphatic rings. The number of fused-ring (bicyclic) bond motifs is 1. The molecule has 1 aliphatic carbocycles. The van der Waals surface area contributed by atoms with Crippen molar-refractivity contribution in [3.05, 3.63) is 50.7 Å². The zero-order chi connectivity index (χ0) is 19.8. The summed E-state index contributed by atoms with van der Waals surface area (Å²) >= 11 is 1.25. The Hall–Kier alpha value is -2.34. The lowest BCUT2D eigenvalue weighted by Gasteiger charge is -2.18. The highest BCUT2D eigenvalue weighted by Crippen LogP contribution is 2.33. The quantitative estimate of drug-likeness (QED) is 0.626. The molecule has 0 fully saturated rings. The van der Waals surface area contributed by atoms with Crippen molar-refractivity contribution < 1.29 is 14.7 Å². The number of allylic oxidation sites excluding steroid dienone is 1. The van der Waals surface area contributed by atoms with Gasteiger partial charge in [-0.05, 0) is 43.7 Å². The van der Waals surface area contributed by atoms with Crippen LogP contribution >= 0.6 is 11.3 Å². The van der Waals surface area contributed by atoms with Crippen LogP contribution in [-0.2, 0) is 24.1 Å². The number of pyridine rings is 1. The molecule has 2 aromatic rings. The molecule has 0 bridgehead atoms. The Morgan fingerprint density at radius 3 is 2.59 bits per heavy atom. The van der Waals surface area contributed by atoms with Gasteiger partial charge < -0.3 is 5.11 Å². The average Bonchev–Trinajstić information content (AvgIpc) is 2.96. The fourth-order valence-corrected chi connectivity index (χ4v) is 4.29. The van der Waals surface area contributed by atoms with Crippen molar-refractivity contribution in [2.24, 2.45) is 5.41 Å². The Balaban J connectivity index is 1.86. The van der Waals surface area contributed by atoms with Gasteiger partial charge in [-0.15, -0.1) is 11.3 Å². The highest BCUT2D eigenvalue weighted by Gasteiger charge is 2.29. The first-order valence-electron chi connectivity index (χ1n) is 9.04. The zero-order valence-corrected chi connectivity index (χ0v) is 16.9. The van der Waals surface area contributed by atoms with Gasteiger partial charge in [-0.2, -0.15) is 0 Å². The minimum absolute atomic E-state index is 0.0121. The Labute approximate surface area is 163 Å². The highest BCUT2D eigenvalue weighted by atomic mass is 32.1. The molecule has 27 heavy (non-hydrogen) atoms. The number of carbonyl (C=O) groups excluding carboxylic acids is 2. The number of aliphatic hydroxyl groups excluding tert-OH is 1. The first-order chi connectivity index (χ1) is 12.6. The van der Waals surface area contributed by atoms with Crippen molar-refractivity contribution in [1.82, 2.24) is 9.97 Å². The van der Waals surface area contributed by atoms with E-state index in [1.165, 1.54) is 18.3 Å². The lowest BCUT2D eigenvalue weighted by Crippen LogP contribution is -2.14. The molecular formula is C21H24N2O3S. The van der Waals surface area contributed by atoms with Crippen molar-refractivity contribution in [2.75, 3.05) is 0 Å². The van der Waals surface area contributed by atoms with E-state index in [1.54, 1.807) is 6.20 Å². The second-order valence-electron chi connectivity index (χ2n) is 8.19. The zero-order valence-electron chi connectivity index (χ0n) is 16.1. The summed E-state index contributed by atoms with van der Waals surface area (Å²) < 4.78 is 0. The smallest absolute Gasteiger partial charge is 0.204 e. The number of thiazole rings is 1. The van der Waals surface area contributed by atoms with Gasteiger partial charge in [-0.3, -0.25) is 14.6 Å². The minimum atomic E-state index is -0.195. The van der Waals surface area contributed by atoms with Crippen LogP contribution in [0, 0.1) is 5.41 Å². The lowest BCUT2D eigenvalue weighted by atomic mass is 9.90. The van der Waals surface area contributed by atoms with Crippen molar-refractivity contribution in [3.8, 4) is 0 Å². The van der Waals surface area contributed by atoms with Crippen LogP contribution in [0.3, 0.4) is 0 Å². The second kappa shape index (κ2) is 7.35. The Kier molecular flexibility index (Phi) is 5.29. The number of aromatic nitrogens is 2. The van der Waals surface area contributed by atoms with E-state index < -0.39 is 0 Å². The maximum absolute atomic E-state index is 12.8. The van der Waals surface area contributed by atoms with Crippen LogP contribution in [0.5, 0.6) is 0 Å². The SMILES string of the molecule is CC(=O)Cc1nc2c(s1)C(=O)C(=C(O)c1ccc(CC(C)(C)C)nc1)CC2. The summed E-state index contributed by atoms with van der Waals surface area (Å²) in [7, 11) is 0. The standard InChI is InChI=1S/C21H24N2O3S/c1-12(24)9-17-23-16-8-7-15(19(26)20(16)27-17)18(25)13-5-6-14(22-11-13)10-21(2,3)4/h5-6,11,25H,7-10H2,1-4H3. The molecule has 0 aromatic carbocycles. The summed E-state index contributed by atoms with van der Waals surface area (Å²) in [5.74, 6) is -0.185. The van der Waals surface area contributed by atoms with Gasteiger partial charge in [0.2, 0.25) is 5.78 Å². The average molecular weight is 385 g/mol. The van der Waals surface area contributed by atoms with Gasteiger partial charge in [0.15, 0.2) is 0 Å². The van der Waals surface area contributed by atoms with E-state index in [-0.39, 0.29) is 29.2 Å².